The maximum atomic E-state index is 12.6. The molecule has 0 radical (unpaired) electrons. The quantitative estimate of drug-likeness (QED) is 0.712. The molecule has 0 unspecified atom stereocenters. The highest BCUT2D eigenvalue weighted by Gasteiger charge is 2.22. The Morgan fingerprint density at radius 1 is 1.04 bits per heavy atom. The lowest BCUT2D eigenvalue weighted by Gasteiger charge is -2.16. The van der Waals surface area contributed by atoms with Crippen LogP contribution >= 0.6 is 0 Å². The van der Waals surface area contributed by atoms with Crippen molar-refractivity contribution < 1.29 is 9.21 Å². The van der Waals surface area contributed by atoms with Gasteiger partial charge >= 0.3 is 6.01 Å². The number of benzene rings is 2. The van der Waals surface area contributed by atoms with Gasteiger partial charge in [0.1, 0.15) is 6.04 Å². The molecular weight excluding hydrogens is 328 g/mol. The minimum absolute atomic E-state index is 0.0283. The molecule has 26 heavy (non-hydrogen) atoms. The van der Waals surface area contributed by atoms with Gasteiger partial charge in [-0.25, -0.2) is 0 Å². The lowest BCUT2D eigenvalue weighted by molar-refractivity contribution is -0.121. The molecule has 1 atom stereocenters. The maximum Gasteiger partial charge on any atom is 0.312 e. The molecule has 0 saturated heterocycles. The second kappa shape index (κ2) is 7.82. The van der Waals surface area contributed by atoms with E-state index in [1.165, 1.54) is 5.56 Å². The Kier molecular flexibility index (Phi) is 5.31. The summed E-state index contributed by atoms with van der Waals surface area (Å²) in [4.78, 5) is 12.6. The van der Waals surface area contributed by atoms with Crippen molar-refractivity contribution >= 4 is 11.9 Å². The van der Waals surface area contributed by atoms with Crippen LogP contribution in [0.1, 0.15) is 48.4 Å². The number of nitrogens with one attached hydrogen (secondary N) is 1. The van der Waals surface area contributed by atoms with Gasteiger partial charge in [-0.2, -0.15) is 0 Å². The fraction of sp³-hybridized carbons (Fsp3) is 0.250. The molecule has 3 rings (SSSR count). The summed E-state index contributed by atoms with van der Waals surface area (Å²) >= 11 is 0. The standard InChI is InChI=1S/C20H22N4O2/c1-13(2)15-10-8-14(9-11-15)12-17(25)22-18(16-6-4-3-5-7-16)19-23-24-20(21)26-19/h3-11,13,18H,12H2,1-2H3,(H2,21,24)(H,22,25)/t18-/m0/s1. The van der Waals surface area contributed by atoms with E-state index in [0.29, 0.717) is 5.92 Å². The third-order valence-electron chi connectivity index (χ3n) is 4.15. The number of anilines is 1. The topological polar surface area (TPSA) is 94.0 Å². The summed E-state index contributed by atoms with van der Waals surface area (Å²) in [6.45, 7) is 4.28. The van der Waals surface area contributed by atoms with Crippen molar-refractivity contribution in [2.45, 2.75) is 32.2 Å². The molecule has 1 heterocycles. The molecule has 0 saturated carbocycles. The first-order valence-corrected chi connectivity index (χ1v) is 8.55. The smallest absolute Gasteiger partial charge is 0.312 e. The van der Waals surface area contributed by atoms with Crippen LogP contribution in [-0.4, -0.2) is 16.1 Å². The largest absolute Gasteiger partial charge is 0.406 e. The zero-order valence-electron chi connectivity index (χ0n) is 14.8. The zero-order chi connectivity index (χ0) is 18.5. The Morgan fingerprint density at radius 2 is 1.73 bits per heavy atom. The highest BCUT2D eigenvalue weighted by Crippen LogP contribution is 2.22. The first kappa shape index (κ1) is 17.7. The Hall–Kier alpha value is -3.15. The van der Waals surface area contributed by atoms with Crippen LogP contribution in [0.15, 0.2) is 59.0 Å². The number of hydrogen-bond donors (Lipinski definition) is 2. The Labute approximate surface area is 152 Å². The summed E-state index contributed by atoms with van der Waals surface area (Å²) in [5.41, 5.74) is 8.58. The van der Waals surface area contributed by atoms with Crippen LogP contribution in [0.3, 0.4) is 0 Å². The first-order chi connectivity index (χ1) is 12.5. The van der Waals surface area contributed by atoms with Crippen molar-refractivity contribution in [3.63, 3.8) is 0 Å². The van der Waals surface area contributed by atoms with Crippen LogP contribution < -0.4 is 11.1 Å². The van der Waals surface area contributed by atoms with E-state index in [9.17, 15) is 4.79 Å². The van der Waals surface area contributed by atoms with E-state index in [1.54, 1.807) is 0 Å². The third kappa shape index (κ3) is 4.27. The monoisotopic (exact) mass is 350 g/mol. The fourth-order valence-corrected chi connectivity index (χ4v) is 2.71. The molecule has 1 amide bonds. The van der Waals surface area contributed by atoms with E-state index in [2.05, 4.69) is 41.5 Å². The highest BCUT2D eigenvalue weighted by atomic mass is 16.4. The predicted octanol–water partition coefficient (Wildman–Crippen LogP) is 3.22. The molecule has 0 aliphatic rings. The number of nitrogen functional groups attached to an aromatic ring is 1. The molecular formula is C20H22N4O2. The third-order valence-corrected chi connectivity index (χ3v) is 4.15. The summed E-state index contributed by atoms with van der Waals surface area (Å²) in [5.74, 6) is 0.591. The number of nitrogens with zero attached hydrogens (tertiary/aromatic N) is 2. The second-order valence-electron chi connectivity index (χ2n) is 6.46. The number of hydrogen-bond acceptors (Lipinski definition) is 5. The van der Waals surface area contributed by atoms with E-state index in [4.69, 9.17) is 10.2 Å². The Balaban J connectivity index is 1.75. The van der Waals surface area contributed by atoms with Crippen LogP contribution in [0.2, 0.25) is 0 Å². The number of carbonyl (C=O) groups is 1. The van der Waals surface area contributed by atoms with Gasteiger partial charge < -0.3 is 15.5 Å². The first-order valence-electron chi connectivity index (χ1n) is 8.55. The number of amides is 1. The summed E-state index contributed by atoms with van der Waals surface area (Å²) in [6.07, 6.45) is 0.269. The molecule has 3 N–H and O–H groups in total. The van der Waals surface area contributed by atoms with Crippen molar-refractivity contribution in [2.24, 2.45) is 0 Å². The van der Waals surface area contributed by atoms with Crippen molar-refractivity contribution in [3.05, 3.63) is 77.2 Å². The van der Waals surface area contributed by atoms with Crippen molar-refractivity contribution in [1.29, 1.82) is 0 Å². The van der Waals surface area contributed by atoms with Crippen molar-refractivity contribution in [3.8, 4) is 0 Å². The number of aromatic nitrogens is 2. The van der Waals surface area contributed by atoms with Crippen LogP contribution in [0, 0.1) is 0 Å². The molecule has 0 spiro atoms. The van der Waals surface area contributed by atoms with Crippen LogP contribution in [0.25, 0.3) is 0 Å². The van der Waals surface area contributed by atoms with Gasteiger partial charge in [0.2, 0.25) is 11.8 Å². The Bertz CT molecular complexity index is 857. The van der Waals surface area contributed by atoms with E-state index < -0.39 is 6.04 Å². The number of nitrogens with two attached hydrogens (primary N) is 1. The van der Waals surface area contributed by atoms with Crippen LogP contribution in [-0.2, 0) is 11.2 Å². The summed E-state index contributed by atoms with van der Waals surface area (Å²) in [6, 6.07) is 17.0. The minimum atomic E-state index is -0.538. The molecule has 134 valence electrons. The molecule has 1 aromatic heterocycles. The SMILES string of the molecule is CC(C)c1ccc(CC(=O)N[C@@H](c2ccccc2)c2nnc(N)o2)cc1. The van der Waals surface area contributed by atoms with Crippen LogP contribution in [0.5, 0.6) is 0 Å². The average molecular weight is 350 g/mol. The van der Waals surface area contributed by atoms with Crippen molar-refractivity contribution in [1.82, 2.24) is 15.5 Å². The summed E-state index contributed by atoms with van der Waals surface area (Å²) < 4.78 is 5.33. The molecule has 0 bridgehead atoms. The van der Waals surface area contributed by atoms with Gasteiger partial charge in [-0.3, -0.25) is 4.79 Å². The van der Waals surface area contributed by atoms with Gasteiger partial charge in [-0.05, 0) is 22.6 Å². The van der Waals surface area contributed by atoms with Gasteiger partial charge in [0, 0.05) is 0 Å². The molecule has 0 aliphatic heterocycles. The Morgan fingerprint density at radius 3 is 2.31 bits per heavy atom. The lowest BCUT2D eigenvalue weighted by atomic mass is 10.0. The molecule has 0 fully saturated rings. The van der Waals surface area contributed by atoms with Crippen molar-refractivity contribution in [2.75, 3.05) is 5.73 Å². The zero-order valence-corrected chi connectivity index (χ0v) is 14.8. The van der Waals surface area contributed by atoms with Gasteiger partial charge in [0.15, 0.2) is 0 Å². The lowest BCUT2D eigenvalue weighted by Crippen LogP contribution is -2.30. The molecule has 2 aromatic carbocycles. The number of carbonyl (C=O) groups excluding carboxylic acids is 1. The van der Waals surface area contributed by atoms with E-state index >= 15 is 0 Å². The fourth-order valence-electron chi connectivity index (χ4n) is 2.71. The average Bonchev–Trinajstić information content (AvgIpc) is 3.07. The van der Waals surface area contributed by atoms with Crippen LogP contribution in [0.4, 0.5) is 6.01 Å². The minimum Gasteiger partial charge on any atom is -0.406 e. The summed E-state index contributed by atoms with van der Waals surface area (Å²) in [5, 5.41) is 10.6. The van der Waals surface area contributed by atoms with Gasteiger partial charge in [0.05, 0.1) is 6.42 Å². The van der Waals surface area contributed by atoms with E-state index in [1.807, 2.05) is 42.5 Å². The van der Waals surface area contributed by atoms with E-state index in [0.717, 1.165) is 11.1 Å². The normalized spacial score (nSPS) is 12.1. The molecule has 6 heteroatoms. The van der Waals surface area contributed by atoms with Gasteiger partial charge in [-0.15, -0.1) is 5.10 Å². The molecule has 0 aliphatic carbocycles. The number of rotatable bonds is 6. The molecule has 3 aromatic rings. The van der Waals surface area contributed by atoms with Gasteiger partial charge in [0.25, 0.3) is 0 Å². The second-order valence-corrected chi connectivity index (χ2v) is 6.46. The highest BCUT2D eigenvalue weighted by molar-refractivity contribution is 5.79. The molecule has 6 nitrogen and oxygen atoms in total. The van der Waals surface area contributed by atoms with Gasteiger partial charge in [-0.1, -0.05) is 73.5 Å². The predicted molar refractivity (Wildman–Crippen MR) is 99.4 cm³/mol. The maximum absolute atomic E-state index is 12.6. The van der Waals surface area contributed by atoms with E-state index in [-0.39, 0.29) is 24.2 Å². The summed E-state index contributed by atoms with van der Waals surface area (Å²) in [7, 11) is 0.